The summed E-state index contributed by atoms with van der Waals surface area (Å²) in [5, 5.41) is 0.424. The number of carbonyl (C=O) groups is 1. The van der Waals surface area contributed by atoms with Crippen LogP contribution in [-0.4, -0.2) is 11.1 Å². The number of ketones is 1. The Morgan fingerprint density at radius 2 is 2.40 bits per heavy atom. The van der Waals surface area contributed by atoms with Gasteiger partial charge in [0.15, 0.2) is 5.78 Å². The van der Waals surface area contributed by atoms with E-state index in [1.54, 1.807) is 11.3 Å². The molecule has 0 unspecified atom stereocenters. The lowest BCUT2D eigenvalue weighted by atomic mass is 10.3. The van der Waals surface area contributed by atoms with Crippen LogP contribution in [-0.2, 0) is 0 Å². The summed E-state index contributed by atoms with van der Waals surface area (Å²) in [7, 11) is 0. The van der Waals surface area contributed by atoms with Crippen molar-refractivity contribution in [1.29, 1.82) is 0 Å². The highest BCUT2D eigenvalue weighted by Crippen LogP contribution is 2.15. The summed E-state index contributed by atoms with van der Waals surface area (Å²) < 4.78 is 0. The Kier molecular flexibility index (Phi) is 2.63. The molecule has 0 radical (unpaired) electrons. The maximum Gasteiger partial charge on any atom is 0.183 e. The molecule has 1 rings (SSSR count). The van der Waals surface area contributed by atoms with Crippen molar-refractivity contribution in [3.8, 4) is 0 Å². The Labute approximate surface area is 72.2 Å². The molecule has 0 atom stereocenters. The fourth-order valence-electron chi connectivity index (χ4n) is 0.650. The van der Waals surface area contributed by atoms with E-state index in [-0.39, 0.29) is 5.78 Å². The number of alkyl halides is 1. The summed E-state index contributed by atoms with van der Waals surface area (Å²) in [5.41, 5.74) is 0. The van der Waals surface area contributed by atoms with Crippen LogP contribution in [0.15, 0.2) is 12.1 Å². The topological polar surface area (TPSA) is 17.1 Å². The zero-order valence-electron chi connectivity index (χ0n) is 5.56. The van der Waals surface area contributed by atoms with Gasteiger partial charge in [-0.1, -0.05) is 15.9 Å². The van der Waals surface area contributed by atoms with Crippen molar-refractivity contribution < 1.29 is 4.79 Å². The number of hydrogen-bond donors (Lipinski definition) is 0. The molecule has 1 aromatic heterocycles. The molecule has 0 saturated carbocycles. The van der Waals surface area contributed by atoms with Crippen LogP contribution in [0, 0.1) is 6.92 Å². The number of hydrogen-bond acceptors (Lipinski definition) is 2. The Balaban J connectivity index is 2.85. The van der Waals surface area contributed by atoms with Gasteiger partial charge in [-0.3, -0.25) is 4.79 Å². The quantitative estimate of drug-likeness (QED) is 0.552. The zero-order valence-corrected chi connectivity index (χ0v) is 7.96. The molecule has 0 amide bonds. The molecule has 3 heteroatoms. The first kappa shape index (κ1) is 7.95. The van der Waals surface area contributed by atoms with Crippen LogP contribution in [0.25, 0.3) is 0 Å². The second-order valence-corrected chi connectivity index (χ2v) is 3.82. The predicted molar refractivity (Wildman–Crippen MR) is 47.2 cm³/mol. The van der Waals surface area contributed by atoms with Gasteiger partial charge in [0.25, 0.3) is 0 Å². The van der Waals surface area contributed by atoms with Crippen LogP contribution in [0.1, 0.15) is 14.5 Å². The van der Waals surface area contributed by atoms with Gasteiger partial charge in [-0.2, -0.15) is 0 Å². The van der Waals surface area contributed by atoms with E-state index in [2.05, 4.69) is 15.9 Å². The molecule has 0 aliphatic carbocycles. The summed E-state index contributed by atoms with van der Waals surface area (Å²) in [5.74, 6) is 0.165. The highest BCUT2D eigenvalue weighted by atomic mass is 79.9. The molecule has 0 N–H and O–H groups in total. The first-order chi connectivity index (χ1) is 4.74. The Hall–Kier alpha value is -0.150. The van der Waals surface area contributed by atoms with Crippen molar-refractivity contribution in [3.63, 3.8) is 0 Å². The van der Waals surface area contributed by atoms with E-state index >= 15 is 0 Å². The van der Waals surface area contributed by atoms with E-state index in [0.717, 1.165) is 4.88 Å². The molecule has 10 heavy (non-hydrogen) atoms. The molecule has 0 bridgehead atoms. The average Bonchev–Trinajstić information content (AvgIpc) is 2.34. The van der Waals surface area contributed by atoms with E-state index in [1.807, 2.05) is 19.1 Å². The fourth-order valence-corrected chi connectivity index (χ4v) is 1.94. The molecule has 0 aliphatic rings. The van der Waals surface area contributed by atoms with Gasteiger partial charge in [0.1, 0.15) is 0 Å². The van der Waals surface area contributed by atoms with Crippen LogP contribution >= 0.6 is 27.3 Å². The van der Waals surface area contributed by atoms with Crippen LogP contribution in [0.4, 0.5) is 0 Å². The normalized spacial score (nSPS) is 9.80. The van der Waals surface area contributed by atoms with E-state index in [1.165, 1.54) is 4.88 Å². The van der Waals surface area contributed by atoms with Crippen LogP contribution in [0.2, 0.25) is 0 Å². The third-order valence-corrected chi connectivity index (χ3v) is 2.69. The molecule has 0 aliphatic heterocycles. The minimum absolute atomic E-state index is 0.165. The first-order valence-electron chi connectivity index (χ1n) is 2.89. The number of aryl methyl sites for hydroxylation is 1. The molecule has 1 heterocycles. The minimum Gasteiger partial charge on any atom is -0.292 e. The molecule has 0 fully saturated rings. The van der Waals surface area contributed by atoms with E-state index in [0.29, 0.717) is 5.33 Å². The van der Waals surface area contributed by atoms with Gasteiger partial charge >= 0.3 is 0 Å². The van der Waals surface area contributed by atoms with E-state index < -0.39 is 0 Å². The van der Waals surface area contributed by atoms with E-state index in [9.17, 15) is 4.79 Å². The van der Waals surface area contributed by atoms with Crippen molar-refractivity contribution in [2.45, 2.75) is 6.92 Å². The predicted octanol–water partition coefficient (Wildman–Crippen LogP) is 2.63. The molecule has 1 aromatic rings. The highest BCUT2D eigenvalue weighted by molar-refractivity contribution is 9.09. The van der Waals surface area contributed by atoms with Crippen LogP contribution in [0.3, 0.4) is 0 Å². The van der Waals surface area contributed by atoms with Crippen molar-refractivity contribution in [1.82, 2.24) is 0 Å². The molecular weight excluding hydrogens is 212 g/mol. The molecule has 0 aromatic carbocycles. The van der Waals surface area contributed by atoms with Crippen molar-refractivity contribution in [3.05, 3.63) is 21.9 Å². The minimum atomic E-state index is 0.165. The van der Waals surface area contributed by atoms with Gasteiger partial charge in [0.05, 0.1) is 10.2 Å². The number of halogens is 1. The van der Waals surface area contributed by atoms with Gasteiger partial charge in [0, 0.05) is 4.88 Å². The molecule has 0 spiro atoms. The van der Waals surface area contributed by atoms with Crippen molar-refractivity contribution in [2.75, 3.05) is 5.33 Å². The summed E-state index contributed by atoms with van der Waals surface area (Å²) in [6, 6.07) is 3.82. The molecule has 0 saturated heterocycles. The first-order valence-corrected chi connectivity index (χ1v) is 4.83. The van der Waals surface area contributed by atoms with Gasteiger partial charge in [0.2, 0.25) is 0 Å². The number of carbonyl (C=O) groups excluding carboxylic acids is 1. The third-order valence-electron chi connectivity index (χ3n) is 1.14. The molecular formula is C7H7BrOS. The lowest BCUT2D eigenvalue weighted by molar-refractivity contribution is 0.102. The highest BCUT2D eigenvalue weighted by Gasteiger charge is 2.04. The monoisotopic (exact) mass is 218 g/mol. The largest absolute Gasteiger partial charge is 0.292 e. The second-order valence-electron chi connectivity index (χ2n) is 1.97. The standard InChI is InChI=1S/C7H7BrOS/c1-5-2-3-7(10-5)6(9)4-8/h2-3H,4H2,1H3. The van der Waals surface area contributed by atoms with Crippen molar-refractivity contribution >= 4 is 33.0 Å². The van der Waals surface area contributed by atoms with Gasteiger partial charge in [-0.25, -0.2) is 0 Å². The number of Topliss-reactive ketones (excluding diaryl/α,β-unsaturated/α-hetero) is 1. The molecule has 1 nitrogen and oxygen atoms in total. The summed E-state index contributed by atoms with van der Waals surface area (Å²) in [4.78, 5) is 13.0. The lowest BCUT2D eigenvalue weighted by Gasteiger charge is -1.86. The molecule has 54 valence electrons. The number of rotatable bonds is 2. The summed E-state index contributed by atoms with van der Waals surface area (Å²) in [6.45, 7) is 2.00. The van der Waals surface area contributed by atoms with Crippen LogP contribution in [0.5, 0.6) is 0 Å². The number of thiophene rings is 1. The maximum atomic E-state index is 11.0. The van der Waals surface area contributed by atoms with Crippen LogP contribution < -0.4 is 0 Å². The summed E-state index contributed by atoms with van der Waals surface area (Å²) >= 11 is 4.66. The Morgan fingerprint density at radius 3 is 2.80 bits per heavy atom. The van der Waals surface area contributed by atoms with Gasteiger partial charge in [-0.15, -0.1) is 11.3 Å². The lowest BCUT2D eigenvalue weighted by Crippen LogP contribution is -1.94. The Bertz CT molecular complexity index is 242. The third kappa shape index (κ3) is 1.67. The Morgan fingerprint density at radius 1 is 1.70 bits per heavy atom. The van der Waals surface area contributed by atoms with E-state index in [4.69, 9.17) is 0 Å². The average molecular weight is 219 g/mol. The van der Waals surface area contributed by atoms with Crippen molar-refractivity contribution in [2.24, 2.45) is 0 Å². The second kappa shape index (κ2) is 3.30. The van der Waals surface area contributed by atoms with Gasteiger partial charge < -0.3 is 0 Å². The maximum absolute atomic E-state index is 11.0. The SMILES string of the molecule is Cc1ccc(C(=O)CBr)s1. The fraction of sp³-hybridized carbons (Fsp3) is 0.286. The smallest absolute Gasteiger partial charge is 0.183 e. The summed E-state index contributed by atoms with van der Waals surface area (Å²) in [6.07, 6.45) is 0. The van der Waals surface area contributed by atoms with Gasteiger partial charge in [-0.05, 0) is 19.1 Å². The zero-order chi connectivity index (χ0) is 7.56.